The van der Waals surface area contributed by atoms with Crippen LogP contribution in [0.4, 0.5) is 0 Å². The molecule has 0 unspecified atom stereocenters. The van der Waals surface area contributed by atoms with Crippen LogP contribution in [0.2, 0.25) is 13.1 Å². The second kappa shape index (κ2) is 17.4. The summed E-state index contributed by atoms with van der Waals surface area (Å²) in [5, 5.41) is 5.48. The number of fused-ring (bicyclic) bond motifs is 2. The Morgan fingerprint density at radius 3 is 1.79 bits per heavy atom. The third kappa shape index (κ3) is 10.6. The predicted octanol–water partition coefficient (Wildman–Crippen LogP) is 6.90. The SMILES string of the molecule is C[Si](C)=[Zr+2].Cc1cc(C)cc(-c2cccc3[cH-]c(C(C)C)cc23)c1.Cc1cc2c(-c3ccc(C(C)(C)C)cc3)ccc(C)c2[cH-]1.[Cl-].[Cl-]. The maximum atomic E-state index is 2.35. The topological polar surface area (TPSA) is 0 Å². The Morgan fingerprint density at radius 2 is 1.23 bits per heavy atom. The van der Waals surface area contributed by atoms with E-state index in [2.05, 4.69) is 172 Å². The van der Waals surface area contributed by atoms with Gasteiger partial charge in [-0.1, -0.05) is 125 Å². The van der Waals surface area contributed by atoms with Gasteiger partial charge in [-0.3, -0.25) is 0 Å². The van der Waals surface area contributed by atoms with Crippen molar-refractivity contribution < 1.29 is 48.1 Å². The van der Waals surface area contributed by atoms with Crippen LogP contribution in [-0.4, -0.2) is 5.43 Å². The van der Waals surface area contributed by atoms with Crippen molar-refractivity contribution in [1.82, 2.24) is 0 Å². The van der Waals surface area contributed by atoms with Gasteiger partial charge in [0.25, 0.3) is 0 Å². The number of aryl methyl sites for hydroxylation is 4. The van der Waals surface area contributed by atoms with Gasteiger partial charge in [0, 0.05) is 0 Å². The molecule has 0 aliphatic carbocycles. The monoisotopic (exact) mass is 754 g/mol. The third-order valence-corrected chi connectivity index (χ3v) is 8.28. The summed E-state index contributed by atoms with van der Waals surface area (Å²) in [7, 11) is 0. The minimum Gasteiger partial charge on any atom is -1.00 e. The van der Waals surface area contributed by atoms with E-state index in [1.165, 1.54) is 77.2 Å². The van der Waals surface area contributed by atoms with Crippen LogP contribution < -0.4 is 24.8 Å². The Morgan fingerprint density at radius 1 is 0.660 bits per heavy atom. The van der Waals surface area contributed by atoms with Crippen molar-refractivity contribution in [1.29, 1.82) is 0 Å². The Balaban J connectivity index is 0.000000283. The van der Waals surface area contributed by atoms with E-state index < -0.39 is 0 Å². The molecule has 0 radical (unpaired) electrons. The van der Waals surface area contributed by atoms with E-state index in [0.717, 1.165) is 0 Å². The van der Waals surface area contributed by atoms with Crippen LogP contribution in [0.5, 0.6) is 0 Å². The molecule has 0 nitrogen and oxygen atoms in total. The zero-order valence-electron chi connectivity index (χ0n) is 30.1. The molecule has 0 heterocycles. The summed E-state index contributed by atoms with van der Waals surface area (Å²) in [6, 6.07) is 36.2. The van der Waals surface area contributed by atoms with Gasteiger partial charge in [-0.2, -0.15) is 12.1 Å². The predicted molar refractivity (Wildman–Crippen MR) is 199 cm³/mol. The van der Waals surface area contributed by atoms with Gasteiger partial charge in [-0.25, -0.2) is 0 Å². The molecule has 0 N–H and O–H groups in total. The minimum absolute atomic E-state index is 0. The summed E-state index contributed by atoms with van der Waals surface area (Å²) in [6.07, 6.45) is 0. The second-order valence-corrected chi connectivity index (χ2v) is 23.6. The Kier molecular flexibility index (Phi) is 15.2. The van der Waals surface area contributed by atoms with Crippen LogP contribution in [0.3, 0.4) is 0 Å². The number of hydrogen-bond acceptors (Lipinski definition) is 0. The van der Waals surface area contributed by atoms with Gasteiger partial charge in [-0.05, 0) is 41.9 Å². The molecule has 0 fully saturated rings. The zero-order chi connectivity index (χ0) is 33.1. The molecule has 0 aliphatic rings. The molecule has 6 aromatic carbocycles. The summed E-state index contributed by atoms with van der Waals surface area (Å²) in [5.74, 6) is 0.578. The summed E-state index contributed by atoms with van der Waals surface area (Å²) < 4.78 is 0. The van der Waals surface area contributed by atoms with E-state index in [4.69, 9.17) is 0 Å². The first kappa shape index (κ1) is 41.0. The van der Waals surface area contributed by atoms with Gasteiger partial charge < -0.3 is 24.8 Å². The first-order valence-electron chi connectivity index (χ1n) is 16.2. The van der Waals surface area contributed by atoms with E-state index in [1.54, 1.807) is 23.3 Å². The van der Waals surface area contributed by atoms with E-state index in [9.17, 15) is 0 Å². The molecule has 0 aliphatic heterocycles. The quantitative estimate of drug-likeness (QED) is 0.136. The summed E-state index contributed by atoms with van der Waals surface area (Å²) in [6.45, 7) is 24.6. The third-order valence-electron chi connectivity index (χ3n) is 8.28. The second-order valence-electron chi connectivity index (χ2n) is 14.2. The Hall–Kier alpha value is -2.22. The fraction of sp³-hybridized carbons (Fsp3) is 0.302. The fourth-order valence-electron chi connectivity index (χ4n) is 5.96. The Bertz CT molecular complexity index is 1910. The molecular formula is C43H50Cl2SiZr-2. The van der Waals surface area contributed by atoms with Crippen molar-refractivity contribution in [3.05, 3.63) is 130 Å². The minimum atomic E-state index is 0. The number of halogens is 2. The molecule has 47 heavy (non-hydrogen) atoms. The van der Waals surface area contributed by atoms with E-state index in [0.29, 0.717) is 5.92 Å². The molecule has 4 heteroatoms. The van der Waals surface area contributed by atoms with Crippen LogP contribution in [0.25, 0.3) is 43.8 Å². The molecule has 0 atom stereocenters. The van der Waals surface area contributed by atoms with Crippen molar-refractivity contribution >= 4 is 27.0 Å². The molecule has 0 saturated carbocycles. The normalized spacial score (nSPS) is 10.9. The van der Waals surface area contributed by atoms with Gasteiger partial charge in [0.1, 0.15) is 0 Å². The molecule has 0 saturated heterocycles. The zero-order valence-corrected chi connectivity index (χ0v) is 35.0. The molecular weight excluding hydrogens is 707 g/mol. The van der Waals surface area contributed by atoms with Crippen molar-refractivity contribution in [3.8, 4) is 22.3 Å². The smallest absolute Gasteiger partial charge is 0.0132 e. The van der Waals surface area contributed by atoms with Crippen molar-refractivity contribution in [2.24, 2.45) is 0 Å². The van der Waals surface area contributed by atoms with Crippen LogP contribution in [0, 0.1) is 27.7 Å². The molecule has 0 spiro atoms. The molecule has 0 aromatic heterocycles. The van der Waals surface area contributed by atoms with Crippen molar-refractivity contribution in [3.63, 3.8) is 0 Å². The van der Waals surface area contributed by atoms with Crippen molar-refractivity contribution in [2.45, 2.75) is 86.7 Å². The Labute approximate surface area is 312 Å². The van der Waals surface area contributed by atoms with Gasteiger partial charge in [-0.15, -0.1) is 68.6 Å². The molecule has 6 rings (SSSR count). The van der Waals surface area contributed by atoms with E-state index >= 15 is 0 Å². The summed E-state index contributed by atoms with van der Waals surface area (Å²) >= 11 is 1.74. The largest absolute Gasteiger partial charge is 1.00 e. The number of hydrogen-bond donors (Lipinski definition) is 0. The maximum absolute atomic E-state index is 2.35. The number of benzene rings is 4. The van der Waals surface area contributed by atoms with Crippen LogP contribution in [0.1, 0.15) is 73.9 Å². The molecule has 246 valence electrons. The van der Waals surface area contributed by atoms with Gasteiger partial charge in [0.15, 0.2) is 0 Å². The van der Waals surface area contributed by atoms with E-state index in [1.807, 2.05) is 0 Å². The van der Waals surface area contributed by atoms with Gasteiger partial charge >= 0.3 is 41.9 Å². The summed E-state index contributed by atoms with van der Waals surface area (Å²) in [4.78, 5) is 0. The van der Waals surface area contributed by atoms with Gasteiger partial charge in [0.05, 0.1) is 0 Å². The standard InChI is InChI=1S/C21H23.C20H21.C2H6Si.2ClH.Zr/c1-14-12-19-15(2)6-11-18(20(19)13-14)16-7-9-17(10-8-16)21(3,4)5;1-13(2)17-11-16-6-5-7-19(20(16)12-17)18-9-14(3)8-15(4)10-18;1-3-2;;;/h6-13H,1-5H3;5-13H,1-4H3;1-2H3;2*1H;/q2*-1;;;;+2/p-2. The average Bonchev–Trinajstić information content (AvgIpc) is 3.57. The first-order valence-corrected chi connectivity index (χ1v) is 22.4. The first-order chi connectivity index (χ1) is 21.1. The van der Waals surface area contributed by atoms with Crippen LogP contribution in [-0.2, 0) is 28.8 Å². The van der Waals surface area contributed by atoms with Crippen molar-refractivity contribution in [2.75, 3.05) is 0 Å². The fourth-order valence-corrected chi connectivity index (χ4v) is 5.96. The number of rotatable bonds is 3. The van der Waals surface area contributed by atoms with Crippen LogP contribution >= 0.6 is 0 Å². The molecule has 0 bridgehead atoms. The molecule has 6 aromatic rings. The summed E-state index contributed by atoms with van der Waals surface area (Å²) in [5.41, 5.74) is 13.9. The van der Waals surface area contributed by atoms with Crippen LogP contribution in [0.15, 0.2) is 97.1 Å². The van der Waals surface area contributed by atoms with E-state index in [-0.39, 0.29) is 35.7 Å². The maximum Gasteiger partial charge on any atom is -0.0132 e. The average molecular weight is 757 g/mol. The molecule has 0 amide bonds. The van der Waals surface area contributed by atoms with Gasteiger partial charge in [0.2, 0.25) is 0 Å².